The number of amides is 1. The quantitative estimate of drug-likeness (QED) is 0.925. The van der Waals surface area contributed by atoms with Gasteiger partial charge in [0.1, 0.15) is 0 Å². The zero-order valence-electron chi connectivity index (χ0n) is 12.9. The molecule has 1 unspecified atom stereocenters. The maximum atomic E-state index is 12.6. The molecule has 0 bridgehead atoms. The van der Waals surface area contributed by atoms with E-state index in [1.54, 1.807) is 12.1 Å². The molecule has 1 amide bonds. The van der Waals surface area contributed by atoms with Crippen LogP contribution in [0.2, 0.25) is 0 Å². The normalized spacial score (nSPS) is 18.5. The zero-order valence-corrected chi connectivity index (χ0v) is 13.7. The first kappa shape index (κ1) is 15.0. The van der Waals surface area contributed by atoms with Gasteiger partial charge in [-0.2, -0.15) is 0 Å². The van der Waals surface area contributed by atoms with Crippen LogP contribution in [0.25, 0.3) is 0 Å². The third-order valence-corrected chi connectivity index (χ3v) is 5.12. The Balaban J connectivity index is 1.79. The molecule has 22 heavy (non-hydrogen) atoms. The zero-order chi connectivity index (χ0) is 15.7. The molecule has 1 N–H and O–H groups in total. The molecule has 2 aromatic heterocycles. The number of nitrogens with one attached hydrogen (secondary N) is 1. The van der Waals surface area contributed by atoms with Crippen molar-refractivity contribution in [2.45, 2.75) is 32.6 Å². The Kier molecular flexibility index (Phi) is 4.16. The molecular weight excluding hydrogens is 296 g/mol. The maximum absolute atomic E-state index is 12.6. The van der Waals surface area contributed by atoms with Gasteiger partial charge in [-0.15, -0.1) is 11.3 Å². The Labute approximate surface area is 133 Å². The van der Waals surface area contributed by atoms with Crippen molar-refractivity contribution in [1.82, 2.24) is 9.88 Å². The van der Waals surface area contributed by atoms with Crippen LogP contribution in [0, 0.1) is 13.8 Å². The summed E-state index contributed by atoms with van der Waals surface area (Å²) in [4.78, 5) is 30.3. The van der Waals surface area contributed by atoms with E-state index in [2.05, 4.69) is 4.98 Å². The minimum atomic E-state index is 0.0311. The number of thiophene rings is 1. The van der Waals surface area contributed by atoms with Gasteiger partial charge in [0.25, 0.3) is 5.91 Å². The van der Waals surface area contributed by atoms with Gasteiger partial charge < -0.3 is 9.88 Å². The minimum absolute atomic E-state index is 0.0311. The summed E-state index contributed by atoms with van der Waals surface area (Å²) in [7, 11) is 0. The van der Waals surface area contributed by atoms with Crippen molar-refractivity contribution in [3.63, 3.8) is 0 Å². The van der Waals surface area contributed by atoms with Gasteiger partial charge in [-0.25, -0.2) is 0 Å². The van der Waals surface area contributed by atoms with Gasteiger partial charge in [0.05, 0.1) is 4.88 Å². The number of hydrogen-bond donors (Lipinski definition) is 1. The van der Waals surface area contributed by atoms with Gasteiger partial charge in [-0.05, 0) is 43.7 Å². The van der Waals surface area contributed by atoms with Gasteiger partial charge in [0.2, 0.25) is 0 Å². The Morgan fingerprint density at radius 1 is 1.32 bits per heavy atom. The number of pyridine rings is 1. The summed E-state index contributed by atoms with van der Waals surface area (Å²) in [6, 6.07) is 5.22. The van der Waals surface area contributed by atoms with Crippen molar-refractivity contribution in [2.75, 3.05) is 13.1 Å². The summed E-state index contributed by atoms with van der Waals surface area (Å²) >= 11 is 1.50. The fourth-order valence-electron chi connectivity index (χ4n) is 3.04. The van der Waals surface area contributed by atoms with E-state index >= 15 is 0 Å². The lowest BCUT2D eigenvalue weighted by molar-refractivity contribution is 0.0710. The van der Waals surface area contributed by atoms with Crippen molar-refractivity contribution >= 4 is 17.2 Å². The Bertz CT molecular complexity index is 747. The van der Waals surface area contributed by atoms with Gasteiger partial charge in [-0.1, -0.05) is 0 Å². The highest BCUT2D eigenvalue weighted by atomic mass is 32.1. The monoisotopic (exact) mass is 316 g/mol. The maximum Gasteiger partial charge on any atom is 0.263 e. The second kappa shape index (κ2) is 6.08. The predicted molar refractivity (Wildman–Crippen MR) is 88.7 cm³/mol. The number of H-pyrrole nitrogens is 1. The van der Waals surface area contributed by atoms with Crippen LogP contribution in [-0.2, 0) is 0 Å². The van der Waals surface area contributed by atoms with Gasteiger partial charge in [0, 0.05) is 42.5 Å². The number of likely N-dealkylation sites (tertiary alicyclic amines) is 1. The van der Waals surface area contributed by atoms with E-state index in [1.165, 1.54) is 11.3 Å². The van der Waals surface area contributed by atoms with Crippen molar-refractivity contribution in [2.24, 2.45) is 0 Å². The Hall–Kier alpha value is -1.88. The van der Waals surface area contributed by atoms with Gasteiger partial charge >= 0.3 is 0 Å². The molecule has 0 aromatic carbocycles. The van der Waals surface area contributed by atoms with Crippen LogP contribution in [0.15, 0.2) is 28.4 Å². The number of aromatic nitrogens is 1. The number of aromatic amines is 1. The summed E-state index contributed by atoms with van der Waals surface area (Å²) in [5.41, 5.74) is 2.98. The van der Waals surface area contributed by atoms with Gasteiger partial charge in [-0.3, -0.25) is 9.59 Å². The molecule has 0 spiro atoms. The van der Waals surface area contributed by atoms with Crippen molar-refractivity contribution in [1.29, 1.82) is 0 Å². The number of hydrogen-bond acceptors (Lipinski definition) is 3. The average molecular weight is 316 g/mol. The summed E-state index contributed by atoms with van der Waals surface area (Å²) < 4.78 is 0. The fourth-order valence-corrected chi connectivity index (χ4v) is 3.91. The van der Waals surface area contributed by atoms with Gasteiger partial charge in [0.15, 0.2) is 5.43 Å². The average Bonchev–Trinajstić information content (AvgIpc) is 2.92. The molecule has 0 radical (unpaired) electrons. The lowest BCUT2D eigenvalue weighted by Gasteiger charge is -2.32. The highest BCUT2D eigenvalue weighted by molar-refractivity contribution is 7.12. The highest BCUT2D eigenvalue weighted by Crippen LogP contribution is 2.27. The third kappa shape index (κ3) is 3.14. The van der Waals surface area contributed by atoms with Crippen LogP contribution < -0.4 is 5.43 Å². The van der Waals surface area contributed by atoms with Crippen LogP contribution in [0.1, 0.15) is 45.4 Å². The van der Waals surface area contributed by atoms with E-state index in [9.17, 15) is 9.59 Å². The van der Waals surface area contributed by atoms with Crippen molar-refractivity contribution in [3.8, 4) is 0 Å². The summed E-state index contributed by atoms with van der Waals surface area (Å²) in [6.45, 7) is 5.37. The molecule has 1 aliphatic heterocycles. The molecule has 3 rings (SSSR count). The number of piperidine rings is 1. The number of carbonyl (C=O) groups excluding carboxylic acids is 1. The molecule has 1 saturated heterocycles. The Morgan fingerprint density at radius 3 is 2.82 bits per heavy atom. The van der Waals surface area contributed by atoms with Crippen LogP contribution in [-0.4, -0.2) is 28.9 Å². The molecule has 2 aromatic rings. The summed E-state index contributed by atoms with van der Waals surface area (Å²) in [5.74, 6) is 0.323. The van der Waals surface area contributed by atoms with E-state index in [0.29, 0.717) is 6.54 Å². The Morgan fingerprint density at radius 2 is 2.14 bits per heavy atom. The highest BCUT2D eigenvalue weighted by Gasteiger charge is 2.26. The first-order valence-electron chi connectivity index (χ1n) is 7.58. The predicted octanol–water partition coefficient (Wildman–Crippen LogP) is 3.07. The van der Waals surface area contributed by atoms with Crippen molar-refractivity contribution < 1.29 is 4.79 Å². The molecule has 1 aliphatic rings. The second-order valence-corrected chi connectivity index (χ2v) is 6.94. The smallest absolute Gasteiger partial charge is 0.263 e. The molecule has 3 heterocycles. The van der Waals surface area contributed by atoms with Crippen LogP contribution in [0.3, 0.4) is 0 Å². The molecule has 1 atom stereocenters. The molecular formula is C17H20N2O2S. The largest absolute Gasteiger partial charge is 0.362 e. The van der Waals surface area contributed by atoms with Crippen molar-refractivity contribution in [3.05, 3.63) is 55.6 Å². The second-order valence-electron chi connectivity index (χ2n) is 6.03. The SMILES string of the molecule is Cc1csc(C(=O)N2CCCC(c3cc(=O)cc(C)[nH]3)C2)c1. The summed E-state index contributed by atoms with van der Waals surface area (Å²) in [5, 5.41) is 2.01. The number of carbonyl (C=O) groups is 1. The lowest BCUT2D eigenvalue weighted by atomic mass is 9.94. The van der Waals surface area contributed by atoms with Crippen LogP contribution in [0.5, 0.6) is 0 Å². The van der Waals surface area contributed by atoms with Crippen LogP contribution >= 0.6 is 11.3 Å². The molecule has 0 aliphatic carbocycles. The van der Waals surface area contributed by atoms with E-state index in [-0.39, 0.29) is 17.3 Å². The lowest BCUT2D eigenvalue weighted by Crippen LogP contribution is -2.39. The molecule has 5 heteroatoms. The fraction of sp³-hybridized carbons (Fsp3) is 0.412. The topological polar surface area (TPSA) is 53.2 Å². The van der Waals surface area contributed by atoms with E-state index in [0.717, 1.165) is 41.2 Å². The van der Waals surface area contributed by atoms with E-state index < -0.39 is 0 Å². The first-order chi connectivity index (χ1) is 10.5. The molecule has 1 fully saturated rings. The number of aryl methyl sites for hydroxylation is 2. The minimum Gasteiger partial charge on any atom is -0.362 e. The van der Waals surface area contributed by atoms with E-state index in [4.69, 9.17) is 0 Å². The first-order valence-corrected chi connectivity index (χ1v) is 8.46. The van der Waals surface area contributed by atoms with E-state index in [1.807, 2.05) is 30.2 Å². The third-order valence-electron chi connectivity index (χ3n) is 4.09. The molecule has 116 valence electrons. The number of rotatable bonds is 2. The summed E-state index contributed by atoms with van der Waals surface area (Å²) in [6.07, 6.45) is 1.98. The standard InChI is InChI=1S/C17H20N2O2S/c1-11-6-16(22-10-11)17(21)19-5-3-4-13(9-19)15-8-14(20)7-12(2)18-15/h6-8,10,13H,3-5,9H2,1-2H3,(H,18,20). The molecule has 4 nitrogen and oxygen atoms in total. The number of nitrogens with zero attached hydrogens (tertiary/aromatic N) is 1. The molecule has 0 saturated carbocycles. The van der Waals surface area contributed by atoms with Crippen LogP contribution in [0.4, 0.5) is 0 Å².